The Bertz CT molecular complexity index is 380. The number of carbonyl (C=O) groups excluding carboxylic acids is 2. The van der Waals surface area contributed by atoms with E-state index in [0.717, 1.165) is 6.42 Å². The molecule has 0 atom stereocenters. The number of nitrogens with one attached hydrogen (secondary N) is 3. The molecule has 0 aromatic rings. The number of amides is 4. The van der Waals surface area contributed by atoms with Crippen LogP contribution in [0.25, 0.3) is 0 Å². The molecular formula is C12H22N4O4. The highest BCUT2D eigenvalue weighted by Gasteiger charge is 2.40. The lowest BCUT2D eigenvalue weighted by molar-refractivity contribution is -0.139. The Morgan fingerprint density at radius 3 is 2.20 bits per heavy atom. The molecule has 0 unspecified atom stereocenters. The molecule has 8 nitrogen and oxygen atoms in total. The molecule has 0 aromatic heterocycles. The fourth-order valence-corrected chi connectivity index (χ4v) is 2.03. The summed E-state index contributed by atoms with van der Waals surface area (Å²) < 4.78 is 0. The van der Waals surface area contributed by atoms with E-state index in [9.17, 15) is 14.4 Å². The lowest BCUT2D eigenvalue weighted by atomic mass is 9.74. The van der Waals surface area contributed by atoms with E-state index in [1.165, 1.54) is 4.90 Å². The minimum Gasteiger partial charge on any atom is -0.481 e. The summed E-state index contributed by atoms with van der Waals surface area (Å²) in [6, 6.07) is -0.626. The van der Waals surface area contributed by atoms with Crippen LogP contribution in [0, 0.1) is 0 Å². The molecule has 1 fully saturated rings. The number of nitrogens with zero attached hydrogens (tertiary/aromatic N) is 1. The molecular weight excluding hydrogens is 264 g/mol. The van der Waals surface area contributed by atoms with Gasteiger partial charge in [0.25, 0.3) is 0 Å². The van der Waals surface area contributed by atoms with Gasteiger partial charge in [0, 0.05) is 27.2 Å². The summed E-state index contributed by atoms with van der Waals surface area (Å²) in [5.74, 6) is -0.914. The van der Waals surface area contributed by atoms with Crippen molar-refractivity contribution in [1.29, 1.82) is 0 Å². The number of carboxylic acid groups (broad SMARTS) is 1. The van der Waals surface area contributed by atoms with E-state index in [2.05, 4.69) is 16.0 Å². The van der Waals surface area contributed by atoms with Crippen molar-refractivity contribution in [2.75, 3.05) is 27.2 Å². The summed E-state index contributed by atoms with van der Waals surface area (Å²) in [7, 11) is 3.25. The molecule has 0 radical (unpaired) electrons. The third-order valence-electron chi connectivity index (χ3n) is 3.27. The highest BCUT2D eigenvalue weighted by Crippen LogP contribution is 2.34. The van der Waals surface area contributed by atoms with Crippen molar-refractivity contribution in [3.8, 4) is 0 Å². The van der Waals surface area contributed by atoms with E-state index >= 15 is 0 Å². The fraction of sp³-hybridized carbons (Fsp3) is 0.750. The second kappa shape index (κ2) is 6.97. The monoisotopic (exact) mass is 286 g/mol. The van der Waals surface area contributed by atoms with Crippen molar-refractivity contribution in [1.82, 2.24) is 20.9 Å². The van der Waals surface area contributed by atoms with Crippen molar-refractivity contribution in [3.63, 3.8) is 0 Å². The summed E-state index contributed by atoms with van der Waals surface area (Å²) in [6.07, 6.45) is 2.23. The van der Waals surface area contributed by atoms with Gasteiger partial charge in [-0.2, -0.15) is 0 Å². The van der Waals surface area contributed by atoms with Crippen LogP contribution in [-0.2, 0) is 4.79 Å². The van der Waals surface area contributed by atoms with Crippen LogP contribution >= 0.6 is 0 Å². The molecule has 0 aromatic carbocycles. The van der Waals surface area contributed by atoms with Gasteiger partial charge in [0.2, 0.25) is 0 Å². The number of carboxylic acids is 1. The molecule has 114 valence electrons. The number of urea groups is 2. The van der Waals surface area contributed by atoms with Gasteiger partial charge >= 0.3 is 18.0 Å². The summed E-state index contributed by atoms with van der Waals surface area (Å²) in [5, 5.41) is 16.8. The average molecular weight is 286 g/mol. The first kappa shape index (κ1) is 16.1. The molecule has 20 heavy (non-hydrogen) atoms. The molecule has 4 N–H and O–H groups in total. The molecule has 1 aliphatic rings. The zero-order chi connectivity index (χ0) is 15.2. The van der Waals surface area contributed by atoms with Crippen LogP contribution in [0.15, 0.2) is 0 Å². The molecule has 1 saturated carbocycles. The van der Waals surface area contributed by atoms with Crippen molar-refractivity contribution in [2.45, 2.75) is 31.2 Å². The smallest absolute Gasteiger partial charge is 0.316 e. The van der Waals surface area contributed by atoms with E-state index < -0.39 is 17.5 Å². The minimum absolute atomic E-state index is 0.0578. The van der Waals surface area contributed by atoms with E-state index in [1.54, 1.807) is 14.1 Å². The first-order chi connectivity index (χ1) is 9.34. The second-order valence-corrected chi connectivity index (χ2v) is 5.21. The maximum atomic E-state index is 11.7. The maximum absolute atomic E-state index is 11.7. The molecule has 8 heteroatoms. The molecule has 4 amide bonds. The van der Waals surface area contributed by atoms with Crippen LogP contribution < -0.4 is 16.0 Å². The fourth-order valence-electron chi connectivity index (χ4n) is 2.03. The van der Waals surface area contributed by atoms with E-state index in [4.69, 9.17) is 5.11 Å². The lowest BCUT2D eigenvalue weighted by Crippen LogP contribution is -2.57. The van der Waals surface area contributed by atoms with Crippen molar-refractivity contribution >= 4 is 18.0 Å². The Hall–Kier alpha value is -1.99. The molecule has 1 aliphatic carbocycles. The largest absolute Gasteiger partial charge is 0.481 e. The van der Waals surface area contributed by atoms with Gasteiger partial charge in [0.15, 0.2) is 0 Å². The van der Waals surface area contributed by atoms with Crippen molar-refractivity contribution in [2.24, 2.45) is 0 Å². The van der Waals surface area contributed by atoms with Gasteiger partial charge in [-0.15, -0.1) is 0 Å². The highest BCUT2D eigenvalue weighted by molar-refractivity contribution is 5.77. The van der Waals surface area contributed by atoms with E-state index in [0.29, 0.717) is 19.4 Å². The van der Waals surface area contributed by atoms with Crippen molar-refractivity contribution in [3.05, 3.63) is 0 Å². The third kappa shape index (κ3) is 4.94. The lowest BCUT2D eigenvalue weighted by Gasteiger charge is -2.41. The minimum atomic E-state index is -0.914. The second-order valence-electron chi connectivity index (χ2n) is 5.21. The van der Waals surface area contributed by atoms with E-state index in [-0.39, 0.29) is 19.0 Å². The number of carbonyl (C=O) groups is 3. The number of hydrogen-bond acceptors (Lipinski definition) is 3. The molecule has 0 heterocycles. The van der Waals surface area contributed by atoms with Gasteiger partial charge < -0.3 is 26.0 Å². The van der Waals surface area contributed by atoms with Gasteiger partial charge in [-0.25, -0.2) is 9.59 Å². The molecule has 0 spiro atoms. The van der Waals surface area contributed by atoms with Crippen LogP contribution in [-0.4, -0.2) is 60.8 Å². The molecule has 0 aliphatic heterocycles. The normalized spacial score (nSPS) is 15.7. The van der Waals surface area contributed by atoms with E-state index in [1.807, 2.05) is 0 Å². The van der Waals surface area contributed by atoms with Gasteiger partial charge in [0.05, 0.1) is 12.0 Å². The number of hydrogen-bond donors (Lipinski definition) is 4. The first-order valence-corrected chi connectivity index (χ1v) is 6.58. The van der Waals surface area contributed by atoms with Gasteiger partial charge in [-0.05, 0) is 19.3 Å². The zero-order valence-electron chi connectivity index (χ0n) is 11.9. The molecule has 0 bridgehead atoms. The number of rotatable bonds is 6. The maximum Gasteiger partial charge on any atom is 0.316 e. The third-order valence-corrected chi connectivity index (χ3v) is 3.27. The van der Waals surface area contributed by atoms with Crippen LogP contribution in [0.4, 0.5) is 9.59 Å². The summed E-state index contributed by atoms with van der Waals surface area (Å²) in [6.45, 7) is 0.602. The van der Waals surface area contributed by atoms with Gasteiger partial charge in [0.1, 0.15) is 0 Å². The first-order valence-electron chi connectivity index (χ1n) is 6.58. The summed E-state index contributed by atoms with van der Waals surface area (Å²) in [5.41, 5.74) is -0.608. The SMILES string of the molecule is CN(C)C(=O)NCCNC(=O)NC1(CC(=O)O)CCC1. The standard InChI is InChI=1S/C12H22N4O4/c1-16(2)11(20)14-7-6-13-10(19)15-12(4-3-5-12)8-9(17)18/h3-8H2,1-2H3,(H,14,20)(H,17,18)(H2,13,15,19). The van der Waals surface area contributed by atoms with Gasteiger partial charge in [-0.3, -0.25) is 4.79 Å². The Morgan fingerprint density at radius 1 is 1.15 bits per heavy atom. The Morgan fingerprint density at radius 2 is 1.75 bits per heavy atom. The predicted molar refractivity (Wildman–Crippen MR) is 72.5 cm³/mol. The average Bonchev–Trinajstić information content (AvgIpc) is 2.30. The predicted octanol–water partition coefficient (Wildman–Crippen LogP) is -0.0458. The van der Waals surface area contributed by atoms with Crippen LogP contribution in [0.2, 0.25) is 0 Å². The summed E-state index contributed by atoms with van der Waals surface area (Å²) in [4.78, 5) is 35.1. The van der Waals surface area contributed by atoms with Gasteiger partial charge in [-0.1, -0.05) is 0 Å². The van der Waals surface area contributed by atoms with Crippen LogP contribution in [0.5, 0.6) is 0 Å². The van der Waals surface area contributed by atoms with Crippen LogP contribution in [0.1, 0.15) is 25.7 Å². The molecule has 0 saturated heterocycles. The Kier molecular flexibility index (Phi) is 5.60. The quantitative estimate of drug-likeness (QED) is 0.513. The summed E-state index contributed by atoms with van der Waals surface area (Å²) >= 11 is 0. The molecule has 1 rings (SSSR count). The zero-order valence-corrected chi connectivity index (χ0v) is 11.9. The van der Waals surface area contributed by atoms with Crippen LogP contribution in [0.3, 0.4) is 0 Å². The Labute approximate surface area is 117 Å². The highest BCUT2D eigenvalue weighted by atomic mass is 16.4. The topological polar surface area (TPSA) is 111 Å². The van der Waals surface area contributed by atoms with Crippen molar-refractivity contribution < 1.29 is 19.5 Å². The Balaban J connectivity index is 2.23. The number of aliphatic carboxylic acids is 1.